The lowest BCUT2D eigenvalue weighted by atomic mass is 10.2. The second kappa shape index (κ2) is 2.73. The summed E-state index contributed by atoms with van der Waals surface area (Å²) in [7, 11) is 0. The van der Waals surface area contributed by atoms with Gasteiger partial charge in [0.25, 0.3) is 0 Å². The Labute approximate surface area is 74.5 Å². The Balaban J connectivity index is 2.48. The summed E-state index contributed by atoms with van der Waals surface area (Å²) in [6.07, 6.45) is 0. The molecule has 0 spiro atoms. The number of fused-ring (bicyclic) bond motifs is 1. The molecule has 0 saturated carbocycles. The molecule has 0 saturated heterocycles. The van der Waals surface area contributed by atoms with Crippen molar-refractivity contribution >= 4 is 11.7 Å². The molecule has 1 atom stereocenters. The highest BCUT2D eigenvalue weighted by Gasteiger charge is 2.25. The largest absolute Gasteiger partial charge is 0.420 e. The maximum atomic E-state index is 13.1. The molecule has 0 aromatic heterocycles. The summed E-state index contributed by atoms with van der Waals surface area (Å²) < 4.78 is 17.9. The molecule has 0 fully saturated rings. The van der Waals surface area contributed by atoms with Gasteiger partial charge in [-0.2, -0.15) is 0 Å². The van der Waals surface area contributed by atoms with Crippen LogP contribution in [-0.2, 0) is 4.79 Å². The molecule has 1 heterocycles. The normalized spacial score (nSPS) is 20.2. The van der Waals surface area contributed by atoms with Crippen LogP contribution in [0, 0.1) is 5.82 Å². The van der Waals surface area contributed by atoms with Crippen LogP contribution in [0.25, 0.3) is 0 Å². The number of esters is 1. The van der Waals surface area contributed by atoms with E-state index in [9.17, 15) is 9.18 Å². The number of ether oxygens (including phenoxy) is 1. The zero-order valence-electron chi connectivity index (χ0n) is 7.00. The highest BCUT2D eigenvalue weighted by atomic mass is 19.1. The van der Waals surface area contributed by atoms with E-state index >= 15 is 0 Å². The summed E-state index contributed by atoms with van der Waals surface area (Å²) >= 11 is 0. The van der Waals surface area contributed by atoms with Gasteiger partial charge in [-0.15, -0.1) is 0 Å². The van der Waals surface area contributed by atoms with E-state index in [1.165, 1.54) is 6.07 Å². The van der Waals surface area contributed by atoms with Gasteiger partial charge >= 0.3 is 5.97 Å². The van der Waals surface area contributed by atoms with E-state index in [1.807, 2.05) is 0 Å². The lowest BCUT2D eigenvalue weighted by Gasteiger charge is -2.22. The van der Waals surface area contributed by atoms with Gasteiger partial charge < -0.3 is 10.1 Å². The highest BCUT2D eigenvalue weighted by Crippen LogP contribution is 2.31. The molecule has 0 amide bonds. The zero-order chi connectivity index (χ0) is 9.42. The Kier molecular flexibility index (Phi) is 1.69. The maximum Gasteiger partial charge on any atom is 0.333 e. The van der Waals surface area contributed by atoms with E-state index in [0.717, 1.165) is 0 Å². The lowest BCUT2D eigenvalue weighted by molar-refractivity contribution is -0.135. The van der Waals surface area contributed by atoms with Crippen molar-refractivity contribution in [2.75, 3.05) is 5.32 Å². The third-order valence-electron chi connectivity index (χ3n) is 1.90. The summed E-state index contributed by atoms with van der Waals surface area (Å²) in [6.45, 7) is 1.66. The molecule has 1 N–H and O–H groups in total. The van der Waals surface area contributed by atoms with Crippen LogP contribution >= 0.6 is 0 Å². The fourth-order valence-electron chi connectivity index (χ4n) is 1.21. The van der Waals surface area contributed by atoms with Crippen molar-refractivity contribution in [3.63, 3.8) is 0 Å². The number of benzene rings is 1. The number of carbonyl (C=O) groups excluding carboxylic acids is 1. The molecule has 0 bridgehead atoms. The average Bonchev–Trinajstić information content (AvgIpc) is 2.09. The minimum Gasteiger partial charge on any atom is -0.420 e. The molecule has 0 radical (unpaired) electrons. The van der Waals surface area contributed by atoms with Crippen molar-refractivity contribution in [1.82, 2.24) is 0 Å². The Morgan fingerprint density at radius 3 is 3.08 bits per heavy atom. The predicted molar refractivity (Wildman–Crippen MR) is 45.1 cm³/mol. The van der Waals surface area contributed by atoms with Crippen molar-refractivity contribution in [3.8, 4) is 5.75 Å². The van der Waals surface area contributed by atoms with E-state index in [4.69, 9.17) is 4.74 Å². The summed E-state index contributed by atoms with van der Waals surface area (Å²) in [6, 6.07) is 4.06. The van der Waals surface area contributed by atoms with Gasteiger partial charge in [-0.25, -0.2) is 9.18 Å². The van der Waals surface area contributed by atoms with Crippen LogP contribution in [0.3, 0.4) is 0 Å². The first-order valence-electron chi connectivity index (χ1n) is 3.95. The van der Waals surface area contributed by atoms with Crippen molar-refractivity contribution in [2.24, 2.45) is 0 Å². The van der Waals surface area contributed by atoms with Crippen LogP contribution in [0.1, 0.15) is 6.92 Å². The predicted octanol–water partition coefficient (Wildman–Crippen LogP) is 1.55. The summed E-state index contributed by atoms with van der Waals surface area (Å²) in [5.74, 6) is -0.992. The minimum atomic E-state index is -0.523. The van der Waals surface area contributed by atoms with E-state index in [0.29, 0.717) is 5.69 Å². The first-order valence-corrected chi connectivity index (χ1v) is 3.95. The Hall–Kier alpha value is -1.58. The standard InChI is InChI=1S/C9H8FNO2/c1-5-9(12)13-8-6(10)3-2-4-7(8)11-5/h2-5,11H,1H3. The van der Waals surface area contributed by atoms with Crippen molar-refractivity contribution in [1.29, 1.82) is 0 Å². The van der Waals surface area contributed by atoms with Crippen molar-refractivity contribution in [3.05, 3.63) is 24.0 Å². The molecule has 1 aromatic rings. The van der Waals surface area contributed by atoms with Crippen molar-refractivity contribution < 1.29 is 13.9 Å². The first-order chi connectivity index (χ1) is 6.18. The third-order valence-corrected chi connectivity index (χ3v) is 1.90. The highest BCUT2D eigenvalue weighted by molar-refractivity contribution is 5.86. The molecule has 68 valence electrons. The lowest BCUT2D eigenvalue weighted by Crippen LogP contribution is -2.34. The number of nitrogens with one attached hydrogen (secondary N) is 1. The molecular formula is C9H8FNO2. The second-order valence-electron chi connectivity index (χ2n) is 2.90. The number of hydrogen-bond donors (Lipinski definition) is 1. The molecule has 1 aromatic carbocycles. The van der Waals surface area contributed by atoms with Crippen molar-refractivity contribution in [2.45, 2.75) is 13.0 Å². The zero-order valence-corrected chi connectivity index (χ0v) is 7.00. The number of hydrogen-bond acceptors (Lipinski definition) is 3. The number of carbonyl (C=O) groups is 1. The van der Waals surface area contributed by atoms with Gasteiger partial charge in [-0.1, -0.05) is 6.07 Å². The maximum absolute atomic E-state index is 13.1. The molecule has 0 aliphatic carbocycles. The van der Waals surface area contributed by atoms with E-state index in [2.05, 4.69) is 5.32 Å². The Morgan fingerprint density at radius 2 is 2.31 bits per heavy atom. The minimum absolute atomic E-state index is 0.00870. The number of rotatable bonds is 0. The third kappa shape index (κ3) is 1.24. The number of anilines is 1. The quantitative estimate of drug-likeness (QED) is 0.487. The van der Waals surface area contributed by atoms with Crippen LogP contribution in [0.2, 0.25) is 0 Å². The fraction of sp³-hybridized carbons (Fsp3) is 0.222. The summed E-state index contributed by atoms with van der Waals surface area (Å²) in [5, 5.41) is 2.84. The van der Waals surface area contributed by atoms with Gasteiger partial charge in [-0.05, 0) is 19.1 Å². The molecule has 2 rings (SSSR count). The molecule has 1 aliphatic heterocycles. The molecule has 4 heteroatoms. The number of para-hydroxylation sites is 1. The molecule has 1 unspecified atom stereocenters. The topological polar surface area (TPSA) is 38.3 Å². The van der Waals surface area contributed by atoms with Crippen LogP contribution in [0.5, 0.6) is 5.75 Å². The summed E-state index contributed by atoms with van der Waals surface area (Å²) in [5.41, 5.74) is 0.520. The van der Waals surface area contributed by atoms with E-state index in [-0.39, 0.29) is 5.75 Å². The second-order valence-corrected chi connectivity index (χ2v) is 2.90. The molecule has 1 aliphatic rings. The first kappa shape index (κ1) is 8.04. The van der Waals surface area contributed by atoms with Crippen LogP contribution < -0.4 is 10.1 Å². The van der Waals surface area contributed by atoms with Gasteiger partial charge in [-0.3, -0.25) is 0 Å². The monoisotopic (exact) mass is 181 g/mol. The summed E-state index contributed by atoms with van der Waals surface area (Å²) in [4.78, 5) is 11.1. The van der Waals surface area contributed by atoms with Gasteiger partial charge in [0.2, 0.25) is 0 Å². The van der Waals surface area contributed by atoms with Gasteiger partial charge in [0.15, 0.2) is 11.6 Å². The van der Waals surface area contributed by atoms with Gasteiger partial charge in [0.05, 0.1) is 5.69 Å². The smallest absolute Gasteiger partial charge is 0.333 e. The fourth-order valence-corrected chi connectivity index (χ4v) is 1.21. The van der Waals surface area contributed by atoms with Gasteiger partial charge in [0, 0.05) is 0 Å². The molecule has 13 heavy (non-hydrogen) atoms. The van der Waals surface area contributed by atoms with Crippen LogP contribution in [-0.4, -0.2) is 12.0 Å². The molecular weight excluding hydrogens is 173 g/mol. The van der Waals surface area contributed by atoms with Crippen LogP contribution in [0.4, 0.5) is 10.1 Å². The average molecular weight is 181 g/mol. The molecule has 3 nitrogen and oxygen atoms in total. The Morgan fingerprint density at radius 1 is 1.54 bits per heavy atom. The SMILES string of the molecule is CC1Nc2cccc(F)c2OC1=O. The van der Waals surface area contributed by atoms with Crippen LogP contribution in [0.15, 0.2) is 18.2 Å². The van der Waals surface area contributed by atoms with E-state index < -0.39 is 17.8 Å². The van der Waals surface area contributed by atoms with Gasteiger partial charge in [0.1, 0.15) is 6.04 Å². The Bertz CT molecular complexity index is 365. The number of halogens is 1. The van der Waals surface area contributed by atoms with E-state index in [1.54, 1.807) is 19.1 Å².